The van der Waals surface area contributed by atoms with E-state index >= 15 is 0 Å². The molecule has 0 radical (unpaired) electrons. The maximum absolute atomic E-state index is 6.98. The number of pyridine rings is 1. The van der Waals surface area contributed by atoms with E-state index in [2.05, 4.69) is 37.8 Å². The maximum Gasteiger partial charge on any atom is 0.266 e. The monoisotopic (exact) mass is 357 g/mol. The molecule has 0 aliphatic carbocycles. The Morgan fingerprint density at radius 3 is 2.63 bits per heavy atom. The Hall–Kier alpha value is -3.85. The number of guanidine groups is 1. The highest BCUT2D eigenvalue weighted by Gasteiger charge is 2.06. The number of hydrogen-bond donors (Lipinski definition) is 2. The van der Waals surface area contributed by atoms with Crippen LogP contribution in [0, 0.1) is 6.57 Å². The molecule has 0 unspecified atom stereocenters. The number of anilines is 1. The number of aliphatic imine (C=N–C) groups is 1. The molecule has 2 aromatic carbocycles. The van der Waals surface area contributed by atoms with Gasteiger partial charge in [0, 0.05) is 11.8 Å². The highest BCUT2D eigenvalue weighted by molar-refractivity contribution is 5.93. The van der Waals surface area contributed by atoms with E-state index in [1.54, 1.807) is 18.5 Å². The number of para-hydroxylation sites is 1. The largest absolute Gasteiger partial charge is 0.491 e. The molecule has 2 N–H and O–H groups in total. The van der Waals surface area contributed by atoms with Crippen LogP contribution in [0.25, 0.3) is 16.1 Å². The van der Waals surface area contributed by atoms with Crippen molar-refractivity contribution in [3.63, 3.8) is 0 Å². The number of ether oxygens (including phenoxy) is 1. The van der Waals surface area contributed by atoms with Gasteiger partial charge in [-0.15, -0.1) is 0 Å². The van der Waals surface area contributed by atoms with Crippen molar-refractivity contribution in [2.24, 2.45) is 4.99 Å². The summed E-state index contributed by atoms with van der Waals surface area (Å²) in [5.41, 5.74) is 5.41. The summed E-state index contributed by atoms with van der Waals surface area (Å²) < 4.78 is 5.92. The molecular weight excluding hydrogens is 338 g/mol. The first kappa shape index (κ1) is 18.0. The molecule has 27 heavy (non-hydrogen) atoms. The summed E-state index contributed by atoms with van der Waals surface area (Å²) in [7, 11) is 0. The molecule has 0 spiro atoms. The molecule has 1 heterocycles. The van der Waals surface area contributed by atoms with Crippen molar-refractivity contribution >= 4 is 11.6 Å². The Bertz CT molecular complexity index is 920. The van der Waals surface area contributed by atoms with Crippen molar-refractivity contribution in [1.29, 1.82) is 0 Å². The summed E-state index contributed by atoms with van der Waals surface area (Å²) in [4.78, 5) is 11.5. The predicted octanol–water partition coefficient (Wildman–Crippen LogP) is 4.02. The second-order valence-corrected chi connectivity index (χ2v) is 5.53. The number of hydrogen-bond acceptors (Lipinski definition) is 3. The van der Waals surface area contributed by atoms with Crippen molar-refractivity contribution in [2.45, 2.75) is 0 Å². The number of aromatic nitrogens is 1. The fourth-order valence-electron chi connectivity index (χ4n) is 2.49. The standard InChI is InChI=1S/C21H19N5O/c1-22-26-21(25-18-10-7-13-23-16-18)24-14-15-27-20-12-6-5-11-19(20)17-8-3-2-4-9-17/h2-13,16H,14-15H2,(H2,24,25,26). The van der Waals surface area contributed by atoms with Gasteiger partial charge in [-0.25, -0.2) is 4.99 Å². The summed E-state index contributed by atoms with van der Waals surface area (Å²) in [6.07, 6.45) is 3.34. The minimum atomic E-state index is 0.359. The lowest BCUT2D eigenvalue weighted by molar-refractivity contribution is 0.330. The Morgan fingerprint density at radius 2 is 1.85 bits per heavy atom. The molecule has 0 aliphatic rings. The van der Waals surface area contributed by atoms with Gasteiger partial charge in [0.1, 0.15) is 12.4 Å². The number of nitrogens with zero attached hydrogens (tertiary/aromatic N) is 3. The molecule has 0 fully saturated rings. The average Bonchev–Trinajstić information content (AvgIpc) is 2.73. The molecule has 0 atom stereocenters. The molecule has 0 saturated carbocycles. The number of rotatable bonds is 6. The van der Waals surface area contributed by atoms with Crippen molar-refractivity contribution in [3.8, 4) is 16.9 Å². The highest BCUT2D eigenvalue weighted by atomic mass is 16.5. The van der Waals surface area contributed by atoms with Crippen LogP contribution in [0.4, 0.5) is 5.69 Å². The summed E-state index contributed by atoms with van der Waals surface area (Å²) in [5.74, 6) is 1.16. The van der Waals surface area contributed by atoms with Crippen molar-refractivity contribution in [1.82, 2.24) is 10.4 Å². The molecule has 0 amide bonds. The average molecular weight is 357 g/mol. The molecule has 6 nitrogen and oxygen atoms in total. The quantitative estimate of drug-likeness (QED) is 0.230. The lowest BCUT2D eigenvalue weighted by Crippen LogP contribution is -2.26. The predicted molar refractivity (Wildman–Crippen MR) is 107 cm³/mol. The molecule has 3 aromatic rings. The Kier molecular flexibility index (Phi) is 6.38. The van der Waals surface area contributed by atoms with E-state index in [1.807, 2.05) is 48.5 Å². The third-order valence-corrected chi connectivity index (χ3v) is 3.68. The third kappa shape index (κ3) is 5.31. The fraction of sp³-hybridized carbons (Fsp3) is 0.0952. The van der Waals surface area contributed by atoms with E-state index in [1.165, 1.54) is 0 Å². The smallest absolute Gasteiger partial charge is 0.266 e. The van der Waals surface area contributed by atoms with Gasteiger partial charge in [-0.1, -0.05) is 54.0 Å². The van der Waals surface area contributed by atoms with Crippen molar-refractivity contribution < 1.29 is 4.74 Å². The topological polar surface area (TPSA) is 62.9 Å². The Labute approximate surface area is 158 Å². The Morgan fingerprint density at radius 1 is 1.04 bits per heavy atom. The van der Waals surface area contributed by atoms with E-state index in [9.17, 15) is 0 Å². The van der Waals surface area contributed by atoms with E-state index in [0.717, 1.165) is 22.6 Å². The minimum Gasteiger partial charge on any atom is -0.491 e. The van der Waals surface area contributed by atoms with Gasteiger partial charge in [-0.3, -0.25) is 4.98 Å². The molecule has 1 aromatic heterocycles. The van der Waals surface area contributed by atoms with E-state index in [4.69, 9.17) is 11.3 Å². The van der Waals surface area contributed by atoms with Gasteiger partial charge in [0.05, 0.1) is 18.4 Å². The molecule has 0 saturated heterocycles. The second kappa shape index (κ2) is 9.59. The van der Waals surface area contributed by atoms with Gasteiger partial charge in [0.15, 0.2) is 0 Å². The van der Waals surface area contributed by atoms with Crippen LogP contribution >= 0.6 is 0 Å². The van der Waals surface area contributed by atoms with Gasteiger partial charge < -0.3 is 10.1 Å². The van der Waals surface area contributed by atoms with Crippen molar-refractivity contribution in [2.75, 3.05) is 18.5 Å². The zero-order valence-electron chi connectivity index (χ0n) is 14.7. The first-order valence-corrected chi connectivity index (χ1v) is 8.48. The van der Waals surface area contributed by atoms with Gasteiger partial charge in [-0.2, -0.15) is 11.5 Å². The van der Waals surface area contributed by atoms with Crippen LogP contribution in [0.1, 0.15) is 0 Å². The van der Waals surface area contributed by atoms with Gasteiger partial charge >= 0.3 is 0 Å². The SMILES string of the molecule is [C-]#[N+]NC(=NCCOc1ccccc1-c1ccccc1)Nc1cccnc1. The molecule has 0 bridgehead atoms. The summed E-state index contributed by atoms with van der Waals surface area (Å²) in [6.45, 7) is 7.77. The van der Waals surface area contributed by atoms with Crippen LogP contribution in [0.5, 0.6) is 5.75 Å². The van der Waals surface area contributed by atoms with Gasteiger partial charge in [0.2, 0.25) is 0 Å². The van der Waals surface area contributed by atoms with Gasteiger partial charge in [0.25, 0.3) is 5.96 Å². The maximum atomic E-state index is 6.98. The second-order valence-electron chi connectivity index (χ2n) is 5.53. The van der Waals surface area contributed by atoms with Crippen LogP contribution in [-0.4, -0.2) is 24.1 Å². The first-order chi connectivity index (χ1) is 13.4. The normalized spacial score (nSPS) is 10.7. The number of nitrogens with one attached hydrogen (secondary N) is 2. The van der Waals surface area contributed by atoms with Crippen LogP contribution in [0.15, 0.2) is 84.1 Å². The molecule has 134 valence electrons. The van der Waals surface area contributed by atoms with E-state index in [-0.39, 0.29) is 0 Å². The molecular formula is C21H19N5O. The van der Waals surface area contributed by atoms with Gasteiger partial charge in [-0.05, 0) is 23.8 Å². The van der Waals surface area contributed by atoms with Crippen LogP contribution in [0.2, 0.25) is 0 Å². The lowest BCUT2D eigenvalue weighted by atomic mass is 10.1. The van der Waals surface area contributed by atoms with Crippen LogP contribution in [0.3, 0.4) is 0 Å². The van der Waals surface area contributed by atoms with E-state index in [0.29, 0.717) is 19.1 Å². The zero-order chi connectivity index (χ0) is 18.7. The molecule has 0 aliphatic heterocycles. The highest BCUT2D eigenvalue weighted by Crippen LogP contribution is 2.29. The van der Waals surface area contributed by atoms with Crippen LogP contribution in [-0.2, 0) is 0 Å². The summed E-state index contributed by atoms with van der Waals surface area (Å²) in [6, 6.07) is 21.7. The Balaban J connectivity index is 1.62. The molecule has 3 rings (SSSR count). The first-order valence-electron chi connectivity index (χ1n) is 8.48. The van der Waals surface area contributed by atoms with Crippen LogP contribution < -0.4 is 15.5 Å². The fourth-order valence-corrected chi connectivity index (χ4v) is 2.49. The minimum absolute atomic E-state index is 0.359. The third-order valence-electron chi connectivity index (χ3n) is 3.68. The van der Waals surface area contributed by atoms with Crippen molar-refractivity contribution in [3.05, 3.63) is 90.6 Å². The summed E-state index contributed by atoms with van der Waals surface area (Å²) in [5, 5.41) is 3.02. The van der Waals surface area contributed by atoms with E-state index < -0.39 is 0 Å². The molecule has 6 heteroatoms. The lowest BCUT2D eigenvalue weighted by Gasteiger charge is -2.11. The zero-order valence-corrected chi connectivity index (χ0v) is 14.7. The number of benzene rings is 2. The summed E-state index contributed by atoms with van der Waals surface area (Å²) >= 11 is 0.